The molecule has 1 fully saturated rings. The molecule has 204 valence electrons. The smallest absolute Gasteiger partial charge is 0.317 e. The lowest BCUT2D eigenvalue weighted by Crippen LogP contribution is -2.32. The van der Waals surface area contributed by atoms with Crippen molar-refractivity contribution in [2.24, 2.45) is 4.99 Å². The highest BCUT2D eigenvalue weighted by Gasteiger charge is 2.32. The Morgan fingerprint density at radius 3 is 2.61 bits per heavy atom. The van der Waals surface area contributed by atoms with Crippen molar-refractivity contribution < 1.29 is 13.6 Å². The van der Waals surface area contributed by atoms with Crippen molar-refractivity contribution in [1.82, 2.24) is 25.1 Å². The third kappa shape index (κ3) is 4.86. The largest absolute Gasteiger partial charge is 0.402 e. The number of carbonyl (C=O) groups excluding carboxylic acids is 1. The van der Waals surface area contributed by atoms with Crippen LogP contribution in [0.3, 0.4) is 0 Å². The summed E-state index contributed by atoms with van der Waals surface area (Å²) >= 11 is 1.57. The summed E-state index contributed by atoms with van der Waals surface area (Å²) in [5.74, 6) is 0.247. The first-order valence-electron chi connectivity index (χ1n) is 13.2. The fraction of sp³-hybridized carbons (Fsp3) is 0.207. The number of aromatic nitrogens is 5. The van der Waals surface area contributed by atoms with Crippen molar-refractivity contribution in [1.29, 1.82) is 0 Å². The van der Waals surface area contributed by atoms with Gasteiger partial charge in [0.2, 0.25) is 6.17 Å². The molecule has 0 saturated heterocycles. The van der Waals surface area contributed by atoms with E-state index in [-0.39, 0.29) is 17.6 Å². The number of halogens is 1. The first kappa shape index (κ1) is 25.1. The number of nitrogens with one attached hydrogen (secondary N) is 2. The number of carbonyl (C=O) groups is 1. The molecule has 10 nitrogen and oxygen atoms in total. The van der Waals surface area contributed by atoms with E-state index in [1.165, 1.54) is 6.07 Å². The fourth-order valence-corrected chi connectivity index (χ4v) is 5.75. The minimum Gasteiger partial charge on any atom is -0.402 e. The Labute approximate surface area is 237 Å². The quantitative estimate of drug-likeness (QED) is 0.266. The summed E-state index contributed by atoms with van der Waals surface area (Å²) in [7, 11) is 0. The van der Waals surface area contributed by atoms with Crippen molar-refractivity contribution in [2.45, 2.75) is 38.3 Å². The molecule has 0 unspecified atom stereocenters. The van der Waals surface area contributed by atoms with Crippen LogP contribution >= 0.6 is 11.3 Å². The fourth-order valence-electron chi connectivity index (χ4n) is 4.55. The van der Waals surface area contributed by atoms with Gasteiger partial charge in [0, 0.05) is 41.4 Å². The monoisotopic (exact) mass is 566 g/mol. The van der Waals surface area contributed by atoms with Crippen LogP contribution in [0.4, 0.5) is 16.1 Å². The summed E-state index contributed by atoms with van der Waals surface area (Å²) in [5.41, 5.74) is 3.06. The molecule has 1 aliphatic heterocycles. The van der Waals surface area contributed by atoms with Gasteiger partial charge in [-0.1, -0.05) is 54.5 Å². The van der Waals surface area contributed by atoms with Gasteiger partial charge in [-0.25, -0.2) is 24.3 Å². The highest BCUT2D eigenvalue weighted by atomic mass is 32.1. The van der Waals surface area contributed by atoms with Crippen LogP contribution in [0.1, 0.15) is 47.6 Å². The molecule has 5 aromatic rings. The maximum Gasteiger partial charge on any atom is 0.317 e. The van der Waals surface area contributed by atoms with Crippen molar-refractivity contribution in [3.05, 3.63) is 88.7 Å². The van der Waals surface area contributed by atoms with Gasteiger partial charge in [-0.05, 0) is 18.9 Å². The second kappa shape index (κ2) is 10.3. The molecule has 2 aromatic carbocycles. The lowest BCUT2D eigenvalue weighted by molar-refractivity contribution is -0.116. The molecule has 41 heavy (non-hydrogen) atoms. The molecular weight excluding hydrogens is 543 g/mol. The van der Waals surface area contributed by atoms with Gasteiger partial charge in [0.1, 0.15) is 17.3 Å². The maximum absolute atomic E-state index is 14.8. The standard InChI is InChI=1S/C29H23FN8O2S/c1-2-20-31-13-17(14-32-20)24-23(35-28(41-24)16-11-12-16)27-37-38-29(40-27)36-25-26(39)34-22-18(9-6-10-19(22)30)21(33-25)15-7-4-3-5-8-15/h3-10,13-14,16,25H,2,11-12H2,1H3,(H,34,39)(H,36,38)/t25-/m1/s1. The number of thiazole rings is 1. The summed E-state index contributed by atoms with van der Waals surface area (Å²) in [6.45, 7) is 2.00. The van der Waals surface area contributed by atoms with Gasteiger partial charge < -0.3 is 15.1 Å². The number of hydrogen-bond donors (Lipinski definition) is 2. The number of benzodiazepines with no additional fused rings is 1. The van der Waals surface area contributed by atoms with Crippen molar-refractivity contribution >= 4 is 34.7 Å². The van der Waals surface area contributed by atoms with Gasteiger partial charge in [-0.15, -0.1) is 16.4 Å². The van der Waals surface area contributed by atoms with E-state index in [1.807, 2.05) is 37.3 Å². The van der Waals surface area contributed by atoms with E-state index in [1.54, 1.807) is 35.9 Å². The van der Waals surface area contributed by atoms with Crippen LogP contribution in [0.2, 0.25) is 0 Å². The number of fused-ring (bicyclic) bond motifs is 1. The lowest BCUT2D eigenvalue weighted by Gasteiger charge is -2.11. The average Bonchev–Trinajstić information content (AvgIpc) is 3.62. The Balaban J connectivity index is 1.23. The summed E-state index contributed by atoms with van der Waals surface area (Å²) in [4.78, 5) is 32.4. The predicted octanol–water partition coefficient (Wildman–Crippen LogP) is 5.46. The molecule has 1 atom stereocenters. The SMILES string of the molecule is CCc1ncc(-c2sc(C3CC3)nc2-c2nnc(N[C@H]3N=C(c4ccccc4)c4cccc(F)c4NC3=O)o2)cn1. The summed E-state index contributed by atoms with van der Waals surface area (Å²) in [5, 5.41) is 14.9. The zero-order chi connectivity index (χ0) is 27.9. The van der Waals surface area contributed by atoms with E-state index in [9.17, 15) is 9.18 Å². The minimum atomic E-state index is -1.17. The van der Waals surface area contributed by atoms with E-state index in [0.717, 1.165) is 46.1 Å². The molecule has 0 spiro atoms. The first-order chi connectivity index (χ1) is 20.1. The molecule has 1 aliphatic carbocycles. The maximum atomic E-state index is 14.8. The Bertz CT molecular complexity index is 1780. The van der Waals surface area contributed by atoms with Crippen LogP contribution in [0.5, 0.6) is 0 Å². The molecule has 1 amide bonds. The number of hydrogen-bond acceptors (Lipinski definition) is 10. The second-order valence-corrected chi connectivity index (χ2v) is 10.7. The molecule has 0 bridgehead atoms. The highest BCUT2D eigenvalue weighted by Crippen LogP contribution is 2.46. The van der Waals surface area contributed by atoms with Gasteiger partial charge in [0.05, 0.1) is 21.3 Å². The predicted molar refractivity (Wildman–Crippen MR) is 152 cm³/mol. The number of aryl methyl sites for hydroxylation is 1. The zero-order valence-electron chi connectivity index (χ0n) is 21.8. The number of para-hydroxylation sites is 1. The molecule has 12 heteroatoms. The molecule has 0 radical (unpaired) electrons. The van der Waals surface area contributed by atoms with Gasteiger partial charge >= 0.3 is 6.01 Å². The molecule has 2 aliphatic rings. The number of nitrogens with zero attached hydrogens (tertiary/aromatic N) is 6. The molecule has 3 aromatic heterocycles. The van der Waals surface area contributed by atoms with Crippen LogP contribution in [0, 0.1) is 5.82 Å². The summed E-state index contributed by atoms with van der Waals surface area (Å²) < 4.78 is 20.8. The Kier molecular flexibility index (Phi) is 6.31. The van der Waals surface area contributed by atoms with Crippen molar-refractivity contribution in [3.63, 3.8) is 0 Å². The van der Waals surface area contributed by atoms with E-state index in [4.69, 9.17) is 9.40 Å². The topological polar surface area (TPSA) is 131 Å². The van der Waals surface area contributed by atoms with Gasteiger partial charge in [-0.2, -0.15) is 0 Å². The van der Waals surface area contributed by atoms with Crippen molar-refractivity contribution in [3.8, 4) is 22.0 Å². The first-order valence-corrected chi connectivity index (χ1v) is 14.0. The van der Waals surface area contributed by atoms with Crippen LogP contribution in [0.25, 0.3) is 22.0 Å². The Morgan fingerprint density at radius 1 is 1.05 bits per heavy atom. The third-order valence-electron chi connectivity index (χ3n) is 6.81. The van der Waals surface area contributed by atoms with Gasteiger partial charge in [0.15, 0.2) is 0 Å². The Morgan fingerprint density at radius 2 is 1.85 bits per heavy atom. The van der Waals surface area contributed by atoms with E-state index < -0.39 is 17.9 Å². The van der Waals surface area contributed by atoms with Crippen molar-refractivity contribution in [2.75, 3.05) is 10.6 Å². The second-order valence-electron chi connectivity index (χ2n) is 9.70. The van der Waals surface area contributed by atoms with Gasteiger partial charge in [0.25, 0.3) is 11.8 Å². The Hall–Kier alpha value is -4.84. The minimum absolute atomic E-state index is 0.0211. The normalized spacial score (nSPS) is 16.5. The number of aliphatic imine (C=N–C) groups is 1. The zero-order valence-corrected chi connectivity index (χ0v) is 22.7. The van der Waals surface area contributed by atoms with Crippen LogP contribution in [-0.2, 0) is 11.2 Å². The number of anilines is 2. The van der Waals surface area contributed by atoms with Crippen LogP contribution in [-0.4, -0.2) is 42.9 Å². The summed E-state index contributed by atoms with van der Waals surface area (Å²) in [6, 6.07) is 13.9. The molecular formula is C29H23FN8O2S. The van der Waals surface area contributed by atoms with E-state index in [2.05, 4.69) is 35.8 Å². The van der Waals surface area contributed by atoms with Crippen LogP contribution in [0.15, 0.2) is 70.3 Å². The number of benzene rings is 2. The number of rotatable bonds is 7. The number of amides is 1. The van der Waals surface area contributed by atoms with Gasteiger partial charge in [-0.3, -0.25) is 4.79 Å². The lowest BCUT2D eigenvalue weighted by atomic mass is 10.0. The molecule has 1 saturated carbocycles. The van der Waals surface area contributed by atoms with Crippen LogP contribution < -0.4 is 10.6 Å². The molecule has 2 N–H and O–H groups in total. The third-order valence-corrected chi connectivity index (χ3v) is 8.08. The molecule has 4 heterocycles. The average molecular weight is 567 g/mol. The summed E-state index contributed by atoms with van der Waals surface area (Å²) in [6.07, 6.45) is 5.31. The van der Waals surface area contributed by atoms with E-state index in [0.29, 0.717) is 22.9 Å². The van der Waals surface area contributed by atoms with E-state index >= 15 is 0 Å². The molecule has 7 rings (SSSR count). The highest BCUT2D eigenvalue weighted by molar-refractivity contribution is 7.15.